The quantitative estimate of drug-likeness (QED) is 0.564. The number of aromatic amines is 1. The summed E-state index contributed by atoms with van der Waals surface area (Å²) in [5.41, 5.74) is 7.17. The van der Waals surface area contributed by atoms with Crippen molar-refractivity contribution in [1.82, 2.24) is 19.1 Å². The standard InChI is InChI=1S/C23H26N4O/c1-14(2)13-27-19-10-9-18(12-20(19)26(5)23(27)28)22-21(24-16(4)25-22)17-8-6-7-15(3)11-17/h6-12,14H,13H2,1-5H3,(H,24,25). The van der Waals surface area contributed by atoms with E-state index in [-0.39, 0.29) is 5.69 Å². The second-order valence-corrected chi connectivity index (χ2v) is 7.96. The number of fused-ring (bicyclic) bond motifs is 1. The smallest absolute Gasteiger partial charge is 0.328 e. The second kappa shape index (κ2) is 6.82. The predicted octanol–water partition coefficient (Wildman–Crippen LogP) is 4.67. The number of aryl methyl sites for hydroxylation is 3. The maximum Gasteiger partial charge on any atom is 0.328 e. The van der Waals surface area contributed by atoms with Gasteiger partial charge in [0.05, 0.1) is 22.4 Å². The Balaban J connectivity index is 1.90. The van der Waals surface area contributed by atoms with E-state index < -0.39 is 0 Å². The van der Waals surface area contributed by atoms with Crippen LogP contribution in [-0.2, 0) is 13.6 Å². The number of imidazole rings is 2. The molecule has 0 spiro atoms. The highest BCUT2D eigenvalue weighted by atomic mass is 16.1. The van der Waals surface area contributed by atoms with Crippen LogP contribution in [0.25, 0.3) is 33.5 Å². The maximum absolute atomic E-state index is 12.7. The molecule has 0 bridgehead atoms. The lowest BCUT2D eigenvalue weighted by Gasteiger charge is -2.07. The van der Waals surface area contributed by atoms with Crippen LogP contribution in [-0.4, -0.2) is 19.1 Å². The molecule has 0 aliphatic rings. The molecule has 144 valence electrons. The lowest BCUT2D eigenvalue weighted by atomic mass is 10.0. The number of benzene rings is 2. The van der Waals surface area contributed by atoms with Crippen LogP contribution in [0, 0.1) is 19.8 Å². The Morgan fingerprint density at radius 2 is 1.82 bits per heavy atom. The fourth-order valence-corrected chi connectivity index (χ4v) is 3.81. The zero-order valence-corrected chi connectivity index (χ0v) is 17.1. The molecule has 0 atom stereocenters. The highest BCUT2D eigenvalue weighted by Gasteiger charge is 2.16. The molecule has 0 saturated heterocycles. The molecule has 0 unspecified atom stereocenters. The molecule has 0 aliphatic heterocycles. The summed E-state index contributed by atoms with van der Waals surface area (Å²) in [6.07, 6.45) is 0. The van der Waals surface area contributed by atoms with E-state index in [0.29, 0.717) is 12.5 Å². The minimum atomic E-state index is 0.0283. The summed E-state index contributed by atoms with van der Waals surface area (Å²) >= 11 is 0. The lowest BCUT2D eigenvalue weighted by Crippen LogP contribution is -2.24. The first kappa shape index (κ1) is 18.3. The number of nitrogens with one attached hydrogen (secondary N) is 1. The van der Waals surface area contributed by atoms with E-state index in [9.17, 15) is 4.79 Å². The predicted molar refractivity (Wildman–Crippen MR) is 115 cm³/mol. The van der Waals surface area contributed by atoms with Crippen molar-refractivity contribution in [3.8, 4) is 22.5 Å². The Labute approximate surface area is 164 Å². The largest absolute Gasteiger partial charge is 0.342 e. The minimum absolute atomic E-state index is 0.0283. The third-order valence-electron chi connectivity index (χ3n) is 5.10. The van der Waals surface area contributed by atoms with Crippen molar-refractivity contribution in [2.75, 3.05) is 0 Å². The van der Waals surface area contributed by atoms with Crippen LogP contribution in [0.3, 0.4) is 0 Å². The third kappa shape index (κ3) is 3.07. The van der Waals surface area contributed by atoms with Gasteiger partial charge >= 0.3 is 5.69 Å². The van der Waals surface area contributed by atoms with Gasteiger partial charge < -0.3 is 4.98 Å². The van der Waals surface area contributed by atoms with Gasteiger partial charge in [-0.05, 0) is 38.0 Å². The van der Waals surface area contributed by atoms with E-state index in [1.165, 1.54) is 5.56 Å². The van der Waals surface area contributed by atoms with Gasteiger partial charge in [0.2, 0.25) is 0 Å². The summed E-state index contributed by atoms with van der Waals surface area (Å²) in [4.78, 5) is 20.9. The number of nitrogens with zero attached hydrogens (tertiary/aromatic N) is 3. The summed E-state index contributed by atoms with van der Waals surface area (Å²) in [5.74, 6) is 1.28. The molecule has 4 aromatic rings. The molecule has 0 amide bonds. The van der Waals surface area contributed by atoms with Crippen molar-refractivity contribution in [3.63, 3.8) is 0 Å². The van der Waals surface area contributed by atoms with Crippen LogP contribution in [0.5, 0.6) is 0 Å². The van der Waals surface area contributed by atoms with Gasteiger partial charge in [0.15, 0.2) is 0 Å². The van der Waals surface area contributed by atoms with E-state index >= 15 is 0 Å². The molecule has 2 aromatic heterocycles. The first-order chi connectivity index (χ1) is 13.3. The summed E-state index contributed by atoms with van der Waals surface area (Å²) in [6, 6.07) is 14.6. The topological polar surface area (TPSA) is 55.6 Å². The average molecular weight is 374 g/mol. The minimum Gasteiger partial charge on any atom is -0.342 e. The van der Waals surface area contributed by atoms with Gasteiger partial charge in [-0.2, -0.15) is 0 Å². The van der Waals surface area contributed by atoms with Crippen LogP contribution in [0.1, 0.15) is 25.2 Å². The lowest BCUT2D eigenvalue weighted by molar-refractivity contribution is 0.516. The second-order valence-electron chi connectivity index (χ2n) is 7.96. The van der Waals surface area contributed by atoms with Crippen molar-refractivity contribution < 1.29 is 0 Å². The fourth-order valence-electron chi connectivity index (χ4n) is 3.81. The molecule has 5 nitrogen and oxygen atoms in total. The zero-order chi connectivity index (χ0) is 20.0. The SMILES string of the molecule is Cc1cccc(-c2nc(C)[nH]c2-c2ccc3c(c2)n(C)c(=O)n3CC(C)C)c1. The number of hydrogen-bond donors (Lipinski definition) is 1. The number of H-pyrrole nitrogens is 1. The summed E-state index contributed by atoms with van der Waals surface area (Å²) in [6.45, 7) is 9.02. The van der Waals surface area contributed by atoms with Gasteiger partial charge in [-0.25, -0.2) is 9.78 Å². The first-order valence-electron chi connectivity index (χ1n) is 9.68. The molecule has 1 N–H and O–H groups in total. The Morgan fingerprint density at radius 3 is 2.54 bits per heavy atom. The van der Waals surface area contributed by atoms with Crippen molar-refractivity contribution in [1.29, 1.82) is 0 Å². The van der Waals surface area contributed by atoms with Crippen molar-refractivity contribution in [2.24, 2.45) is 13.0 Å². The van der Waals surface area contributed by atoms with E-state index in [1.54, 1.807) is 4.57 Å². The summed E-state index contributed by atoms with van der Waals surface area (Å²) < 4.78 is 3.60. The number of rotatable bonds is 4. The van der Waals surface area contributed by atoms with Gasteiger partial charge in [0, 0.05) is 24.7 Å². The van der Waals surface area contributed by atoms with Crippen molar-refractivity contribution in [2.45, 2.75) is 34.2 Å². The highest BCUT2D eigenvalue weighted by Crippen LogP contribution is 2.32. The monoisotopic (exact) mass is 374 g/mol. The van der Waals surface area contributed by atoms with E-state index in [0.717, 1.165) is 39.4 Å². The number of hydrogen-bond acceptors (Lipinski definition) is 2. The van der Waals surface area contributed by atoms with Gasteiger partial charge in [-0.3, -0.25) is 9.13 Å². The van der Waals surface area contributed by atoms with E-state index in [2.05, 4.69) is 62.2 Å². The Morgan fingerprint density at radius 1 is 1.04 bits per heavy atom. The van der Waals surface area contributed by atoms with Crippen LogP contribution in [0.2, 0.25) is 0 Å². The maximum atomic E-state index is 12.7. The highest BCUT2D eigenvalue weighted by molar-refractivity contribution is 5.86. The van der Waals surface area contributed by atoms with Crippen LogP contribution in [0.4, 0.5) is 0 Å². The average Bonchev–Trinajstić information content (AvgIpc) is 3.15. The molecule has 2 aromatic carbocycles. The zero-order valence-electron chi connectivity index (χ0n) is 17.1. The Kier molecular flexibility index (Phi) is 4.46. The molecule has 0 radical (unpaired) electrons. The van der Waals surface area contributed by atoms with Crippen LogP contribution < -0.4 is 5.69 Å². The van der Waals surface area contributed by atoms with Crippen LogP contribution >= 0.6 is 0 Å². The van der Waals surface area contributed by atoms with E-state index in [4.69, 9.17) is 4.98 Å². The van der Waals surface area contributed by atoms with Gasteiger partial charge in [0.25, 0.3) is 0 Å². The molecular formula is C23H26N4O. The third-order valence-corrected chi connectivity index (χ3v) is 5.10. The van der Waals surface area contributed by atoms with Crippen molar-refractivity contribution >= 4 is 11.0 Å². The molecule has 28 heavy (non-hydrogen) atoms. The fraction of sp³-hybridized carbons (Fsp3) is 0.304. The van der Waals surface area contributed by atoms with Gasteiger partial charge in [-0.1, -0.05) is 43.7 Å². The van der Waals surface area contributed by atoms with Gasteiger partial charge in [-0.15, -0.1) is 0 Å². The molecule has 0 fully saturated rings. The number of aromatic nitrogens is 4. The van der Waals surface area contributed by atoms with E-state index in [1.807, 2.05) is 24.6 Å². The van der Waals surface area contributed by atoms with Crippen LogP contribution in [0.15, 0.2) is 47.3 Å². The first-order valence-corrected chi connectivity index (χ1v) is 9.68. The molecule has 4 rings (SSSR count). The molecular weight excluding hydrogens is 348 g/mol. The van der Waals surface area contributed by atoms with Gasteiger partial charge in [0.1, 0.15) is 5.82 Å². The normalized spacial score (nSPS) is 11.6. The molecule has 2 heterocycles. The Hall–Kier alpha value is -3.08. The van der Waals surface area contributed by atoms with Crippen molar-refractivity contribution in [3.05, 3.63) is 64.3 Å². The summed E-state index contributed by atoms with van der Waals surface area (Å²) in [7, 11) is 1.84. The summed E-state index contributed by atoms with van der Waals surface area (Å²) in [5, 5.41) is 0. The molecule has 0 aliphatic carbocycles. The molecule has 0 saturated carbocycles. The Bertz CT molecular complexity index is 1220. The molecule has 5 heteroatoms.